The van der Waals surface area contributed by atoms with E-state index in [0.29, 0.717) is 12.2 Å². The van der Waals surface area contributed by atoms with Gasteiger partial charge in [0, 0.05) is 17.6 Å². The van der Waals surface area contributed by atoms with Crippen molar-refractivity contribution in [2.75, 3.05) is 11.9 Å². The first kappa shape index (κ1) is 14.4. The number of anilines is 1. The fourth-order valence-corrected chi connectivity index (χ4v) is 1.51. The van der Waals surface area contributed by atoms with Gasteiger partial charge < -0.3 is 16.8 Å². The quantitative estimate of drug-likeness (QED) is 0.747. The minimum atomic E-state index is -0.647. The van der Waals surface area contributed by atoms with Crippen molar-refractivity contribution >= 4 is 11.6 Å². The lowest BCUT2D eigenvalue weighted by atomic mass is 9.88. The van der Waals surface area contributed by atoms with Crippen molar-refractivity contribution in [3.63, 3.8) is 0 Å². The van der Waals surface area contributed by atoms with Crippen molar-refractivity contribution in [3.8, 4) is 0 Å². The maximum absolute atomic E-state index is 13.8. The molecule has 5 N–H and O–H groups in total. The van der Waals surface area contributed by atoms with E-state index in [1.807, 2.05) is 20.8 Å². The molecule has 1 atom stereocenters. The van der Waals surface area contributed by atoms with Crippen molar-refractivity contribution in [1.82, 2.24) is 0 Å². The Hall–Kier alpha value is -1.62. The van der Waals surface area contributed by atoms with Gasteiger partial charge in [-0.3, -0.25) is 4.79 Å². The number of rotatable bonds is 5. The van der Waals surface area contributed by atoms with Crippen molar-refractivity contribution in [1.29, 1.82) is 0 Å². The number of halogens is 1. The summed E-state index contributed by atoms with van der Waals surface area (Å²) < 4.78 is 13.8. The maximum atomic E-state index is 13.8. The number of carbonyl (C=O) groups is 1. The summed E-state index contributed by atoms with van der Waals surface area (Å²) in [6.07, 6.45) is 0. The van der Waals surface area contributed by atoms with Crippen molar-refractivity contribution in [3.05, 3.63) is 29.6 Å². The second kappa shape index (κ2) is 5.35. The molecule has 0 saturated heterocycles. The Morgan fingerprint density at radius 2 is 2.11 bits per heavy atom. The highest BCUT2D eigenvalue weighted by Gasteiger charge is 2.27. The van der Waals surface area contributed by atoms with Gasteiger partial charge >= 0.3 is 0 Å². The molecule has 0 aliphatic heterocycles. The monoisotopic (exact) mass is 253 g/mol. The van der Waals surface area contributed by atoms with Crippen LogP contribution in [0.5, 0.6) is 0 Å². The standard InChI is InChI=1S/C13H20FN3O/c1-8(2)13(3,7-15)17-11-5-4-9(12(16)18)6-10(11)14/h4-6,8,17H,7,15H2,1-3H3,(H2,16,18). The summed E-state index contributed by atoms with van der Waals surface area (Å²) in [4.78, 5) is 10.9. The smallest absolute Gasteiger partial charge is 0.248 e. The molecule has 0 radical (unpaired) electrons. The normalized spacial score (nSPS) is 14.3. The van der Waals surface area contributed by atoms with Gasteiger partial charge in [-0.15, -0.1) is 0 Å². The molecule has 0 heterocycles. The molecule has 0 bridgehead atoms. The lowest BCUT2D eigenvalue weighted by molar-refractivity contribution is 0.1000. The first-order valence-electron chi connectivity index (χ1n) is 5.87. The molecule has 0 fully saturated rings. The first-order valence-corrected chi connectivity index (χ1v) is 5.87. The molecule has 4 nitrogen and oxygen atoms in total. The summed E-state index contributed by atoms with van der Waals surface area (Å²) in [7, 11) is 0. The van der Waals surface area contributed by atoms with E-state index in [1.165, 1.54) is 12.1 Å². The molecule has 0 saturated carbocycles. The molecule has 1 amide bonds. The Morgan fingerprint density at radius 1 is 1.50 bits per heavy atom. The lowest BCUT2D eigenvalue weighted by Crippen LogP contribution is -2.47. The van der Waals surface area contributed by atoms with E-state index >= 15 is 0 Å². The van der Waals surface area contributed by atoms with E-state index in [1.54, 1.807) is 0 Å². The zero-order chi connectivity index (χ0) is 13.9. The van der Waals surface area contributed by atoms with E-state index in [2.05, 4.69) is 5.32 Å². The molecule has 100 valence electrons. The topological polar surface area (TPSA) is 81.1 Å². The second-order valence-corrected chi connectivity index (χ2v) is 4.96. The molecule has 1 aromatic carbocycles. The fourth-order valence-electron chi connectivity index (χ4n) is 1.51. The van der Waals surface area contributed by atoms with Gasteiger partial charge in [0.2, 0.25) is 5.91 Å². The molecule has 1 rings (SSSR count). The minimum absolute atomic E-state index is 0.150. The van der Waals surface area contributed by atoms with Gasteiger partial charge in [-0.1, -0.05) is 13.8 Å². The Kier molecular flexibility index (Phi) is 4.29. The average Bonchev–Trinajstić information content (AvgIpc) is 2.31. The summed E-state index contributed by atoms with van der Waals surface area (Å²) in [6, 6.07) is 4.12. The van der Waals surface area contributed by atoms with Crippen LogP contribution < -0.4 is 16.8 Å². The highest BCUT2D eigenvalue weighted by Crippen LogP contribution is 2.24. The third kappa shape index (κ3) is 2.98. The minimum Gasteiger partial charge on any atom is -0.376 e. The van der Waals surface area contributed by atoms with Crippen molar-refractivity contribution in [2.45, 2.75) is 26.3 Å². The molecule has 0 aliphatic carbocycles. The third-order valence-electron chi connectivity index (χ3n) is 3.37. The van der Waals surface area contributed by atoms with Crippen LogP contribution in [-0.4, -0.2) is 18.0 Å². The van der Waals surface area contributed by atoms with Crippen LogP contribution in [-0.2, 0) is 0 Å². The number of benzene rings is 1. The Labute approximate surface area is 107 Å². The van der Waals surface area contributed by atoms with E-state index in [4.69, 9.17) is 11.5 Å². The van der Waals surface area contributed by atoms with Crippen molar-refractivity contribution in [2.24, 2.45) is 17.4 Å². The zero-order valence-corrected chi connectivity index (χ0v) is 11.0. The van der Waals surface area contributed by atoms with Gasteiger partial charge in [0.25, 0.3) is 0 Å². The molecule has 0 spiro atoms. The van der Waals surface area contributed by atoms with Crippen LogP contribution in [0.15, 0.2) is 18.2 Å². The SMILES string of the molecule is CC(C)C(C)(CN)Nc1ccc(C(N)=O)cc1F. The summed E-state index contributed by atoms with van der Waals surface area (Å²) in [5.41, 5.74) is 10.9. The maximum Gasteiger partial charge on any atom is 0.248 e. The Bertz CT molecular complexity index is 448. The summed E-state index contributed by atoms with van der Waals surface area (Å²) >= 11 is 0. The number of hydrogen-bond donors (Lipinski definition) is 3. The Balaban J connectivity index is 3.02. The van der Waals surface area contributed by atoms with Crippen molar-refractivity contribution < 1.29 is 9.18 Å². The molecular formula is C13H20FN3O. The number of primary amides is 1. The van der Waals surface area contributed by atoms with Crippen LogP contribution in [0.2, 0.25) is 0 Å². The van der Waals surface area contributed by atoms with Gasteiger partial charge in [-0.05, 0) is 31.0 Å². The number of nitrogens with one attached hydrogen (secondary N) is 1. The van der Waals surface area contributed by atoms with Crippen LogP contribution >= 0.6 is 0 Å². The van der Waals surface area contributed by atoms with Gasteiger partial charge in [0.1, 0.15) is 5.82 Å². The van der Waals surface area contributed by atoms with E-state index in [9.17, 15) is 9.18 Å². The average molecular weight is 253 g/mol. The molecule has 0 aliphatic rings. The first-order chi connectivity index (χ1) is 8.30. The fraction of sp³-hybridized carbons (Fsp3) is 0.462. The molecule has 18 heavy (non-hydrogen) atoms. The molecule has 1 unspecified atom stereocenters. The number of nitrogens with two attached hydrogens (primary N) is 2. The zero-order valence-electron chi connectivity index (χ0n) is 11.0. The molecule has 0 aromatic heterocycles. The molecule has 1 aromatic rings. The summed E-state index contributed by atoms with van der Waals surface area (Å²) in [6.45, 7) is 6.33. The van der Waals surface area contributed by atoms with Gasteiger partial charge in [0.05, 0.1) is 5.69 Å². The number of carbonyl (C=O) groups excluding carboxylic acids is 1. The second-order valence-electron chi connectivity index (χ2n) is 4.96. The van der Waals surface area contributed by atoms with Crippen LogP contribution in [0.3, 0.4) is 0 Å². The van der Waals surface area contributed by atoms with Crippen LogP contribution in [0.1, 0.15) is 31.1 Å². The van der Waals surface area contributed by atoms with Gasteiger partial charge in [-0.25, -0.2) is 4.39 Å². The number of hydrogen-bond acceptors (Lipinski definition) is 3. The third-order valence-corrected chi connectivity index (χ3v) is 3.37. The number of amides is 1. The van der Waals surface area contributed by atoms with E-state index < -0.39 is 17.3 Å². The highest BCUT2D eigenvalue weighted by molar-refractivity contribution is 5.93. The molecule has 5 heteroatoms. The highest BCUT2D eigenvalue weighted by atomic mass is 19.1. The predicted octanol–water partition coefficient (Wildman–Crippen LogP) is 1.71. The van der Waals surface area contributed by atoms with E-state index in [-0.39, 0.29) is 11.5 Å². The largest absolute Gasteiger partial charge is 0.376 e. The van der Waals surface area contributed by atoms with Crippen LogP contribution in [0.4, 0.5) is 10.1 Å². The Morgan fingerprint density at radius 3 is 2.50 bits per heavy atom. The van der Waals surface area contributed by atoms with Crippen LogP contribution in [0.25, 0.3) is 0 Å². The van der Waals surface area contributed by atoms with E-state index in [0.717, 1.165) is 6.07 Å². The molecular weight excluding hydrogens is 233 g/mol. The predicted molar refractivity (Wildman–Crippen MR) is 70.8 cm³/mol. The summed E-state index contributed by atoms with van der Waals surface area (Å²) in [5, 5.41) is 3.09. The lowest BCUT2D eigenvalue weighted by Gasteiger charge is -2.34. The van der Waals surface area contributed by atoms with Gasteiger partial charge in [-0.2, -0.15) is 0 Å². The van der Waals surface area contributed by atoms with Gasteiger partial charge in [0.15, 0.2) is 0 Å². The summed E-state index contributed by atoms with van der Waals surface area (Å²) in [5.74, 6) is -0.921. The van der Waals surface area contributed by atoms with Crippen LogP contribution in [0, 0.1) is 11.7 Å².